The molecule has 0 saturated carbocycles. The lowest BCUT2D eigenvalue weighted by molar-refractivity contribution is 0.1000. The van der Waals surface area contributed by atoms with Gasteiger partial charge >= 0.3 is 0 Å². The Morgan fingerprint density at radius 3 is 2.93 bits per heavy atom. The molecule has 2 N–H and O–H groups in total. The second-order valence-electron chi connectivity index (χ2n) is 6.68. The number of hydrogen-bond acceptors (Lipinski definition) is 7. The summed E-state index contributed by atoms with van der Waals surface area (Å²) in [5.74, 6) is 7.52. The number of rotatable bonds is 2. The first-order valence-corrected chi connectivity index (χ1v) is 9.63. The van der Waals surface area contributed by atoms with E-state index in [2.05, 4.69) is 27.0 Å². The second-order valence-corrected chi connectivity index (χ2v) is 7.71. The Labute approximate surface area is 165 Å². The molecule has 3 heterocycles. The number of amides is 1. The molecule has 0 spiro atoms. The Morgan fingerprint density at radius 1 is 1.39 bits per heavy atom. The highest BCUT2D eigenvalue weighted by Gasteiger charge is 2.26. The van der Waals surface area contributed by atoms with E-state index in [0.29, 0.717) is 23.3 Å². The maximum Gasteiger partial charge on any atom is 0.277 e. The third kappa shape index (κ3) is 3.37. The Kier molecular flexibility index (Phi) is 4.61. The van der Waals surface area contributed by atoms with Crippen LogP contribution < -0.4 is 10.5 Å². The molecule has 2 atom stereocenters. The SMILES string of the molecule is Cc1nc(C(C)C#Cc2ccc3c(c2)-c2nc(C(N)=O)sc2[C@@H](C)CO3)no1. The van der Waals surface area contributed by atoms with E-state index in [1.165, 1.54) is 11.3 Å². The molecule has 3 aromatic rings. The third-order valence-electron chi connectivity index (χ3n) is 4.40. The van der Waals surface area contributed by atoms with Crippen LogP contribution in [-0.4, -0.2) is 27.6 Å². The van der Waals surface area contributed by atoms with E-state index >= 15 is 0 Å². The Hall–Kier alpha value is -3.18. The van der Waals surface area contributed by atoms with Crippen molar-refractivity contribution >= 4 is 17.2 Å². The highest BCUT2D eigenvalue weighted by molar-refractivity contribution is 7.14. The lowest BCUT2D eigenvalue weighted by atomic mass is 10.0. The number of aromatic nitrogens is 3. The van der Waals surface area contributed by atoms with Gasteiger partial charge in [-0.25, -0.2) is 4.98 Å². The lowest BCUT2D eigenvalue weighted by Gasteiger charge is -2.08. The summed E-state index contributed by atoms with van der Waals surface area (Å²) in [4.78, 5) is 21.3. The van der Waals surface area contributed by atoms with Crippen molar-refractivity contribution in [3.05, 3.63) is 45.4 Å². The van der Waals surface area contributed by atoms with Crippen LogP contribution in [0.15, 0.2) is 22.7 Å². The van der Waals surface area contributed by atoms with Crippen LogP contribution in [0.1, 0.15) is 57.6 Å². The molecule has 1 amide bonds. The molecular weight excluding hydrogens is 376 g/mol. The number of nitrogens with zero attached hydrogens (tertiary/aromatic N) is 3. The van der Waals surface area contributed by atoms with Gasteiger partial charge in [0, 0.05) is 28.8 Å². The number of primary amides is 1. The zero-order valence-electron chi connectivity index (χ0n) is 15.6. The van der Waals surface area contributed by atoms with Crippen molar-refractivity contribution in [2.24, 2.45) is 5.73 Å². The highest BCUT2D eigenvalue weighted by Crippen LogP contribution is 2.41. The Bertz CT molecular complexity index is 1120. The minimum Gasteiger partial charge on any atom is -0.492 e. The van der Waals surface area contributed by atoms with E-state index in [-0.39, 0.29) is 11.8 Å². The third-order valence-corrected chi connectivity index (χ3v) is 5.70. The summed E-state index contributed by atoms with van der Waals surface area (Å²) in [6.45, 7) is 6.22. The van der Waals surface area contributed by atoms with Gasteiger partial charge in [-0.3, -0.25) is 4.79 Å². The average Bonchev–Trinajstić information content (AvgIpc) is 3.28. The molecule has 0 saturated heterocycles. The molecule has 7 nitrogen and oxygen atoms in total. The number of benzene rings is 1. The van der Waals surface area contributed by atoms with Gasteiger partial charge in [-0.15, -0.1) is 11.3 Å². The van der Waals surface area contributed by atoms with Crippen molar-refractivity contribution in [2.75, 3.05) is 6.61 Å². The highest BCUT2D eigenvalue weighted by atomic mass is 32.1. The molecule has 142 valence electrons. The largest absolute Gasteiger partial charge is 0.492 e. The Morgan fingerprint density at radius 2 is 2.21 bits per heavy atom. The summed E-state index contributed by atoms with van der Waals surface area (Å²) in [6, 6.07) is 5.71. The average molecular weight is 394 g/mol. The smallest absolute Gasteiger partial charge is 0.277 e. The van der Waals surface area contributed by atoms with Gasteiger partial charge in [0.25, 0.3) is 5.91 Å². The molecule has 1 aliphatic rings. The molecule has 1 aliphatic heterocycles. The molecule has 0 aliphatic carbocycles. The zero-order chi connectivity index (χ0) is 19.8. The number of nitrogens with two attached hydrogens (primary N) is 1. The molecule has 0 radical (unpaired) electrons. The normalized spacial score (nSPS) is 16.0. The molecule has 0 fully saturated rings. The van der Waals surface area contributed by atoms with Gasteiger partial charge in [0.2, 0.25) is 5.89 Å². The van der Waals surface area contributed by atoms with Crippen molar-refractivity contribution in [1.29, 1.82) is 0 Å². The molecule has 8 heteroatoms. The lowest BCUT2D eigenvalue weighted by Crippen LogP contribution is -2.10. The number of thiazole rings is 1. The van der Waals surface area contributed by atoms with Gasteiger partial charge in [0.1, 0.15) is 5.75 Å². The minimum absolute atomic E-state index is 0.115. The number of carbonyl (C=O) groups excluding carboxylic acids is 1. The van der Waals surface area contributed by atoms with Crippen LogP contribution >= 0.6 is 11.3 Å². The number of hydrogen-bond donors (Lipinski definition) is 1. The molecule has 2 aromatic heterocycles. The number of carbonyl (C=O) groups is 1. The van der Waals surface area contributed by atoms with E-state index in [0.717, 1.165) is 27.4 Å². The number of ether oxygens (including phenoxy) is 1. The predicted octanol–water partition coefficient (Wildman–Crippen LogP) is 3.25. The summed E-state index contributed by atoms with van der Waals surface area (Å²) in [6.07, 6.45) is 0. The van der Waals surface area contributed by atoms with Gasteiger partial charge in [-0.2, -0.15) is 4.98 Å². The second kappa shape index (κ2) is 7.09. The standard InChI is InChI=1S/C20H18N4O3S/c1-10(19-22-12(3)27-24-19)4-5-13-6-7-15-14(8-13)16-17(11(2)9-26-15)28-20(23-16)18(21)25/h6-8,10-11H,9H2,1-3H3,(H2,21,25)/t10?,11-/m0/s1. The summed E-state index contributed by atoms with van der Waals surface area (Å²) in [5, 5.41) is 4.21. The Balaban J connectivity index is 1.72. The minimum atomic E-state index is -0.520. The fraction of sp³-hybridized carbons (Fsp3) is 0.300. The van der Waals surface area contributed by atoms with Crippen molar-refractivity contribution < 1.29 is 14.1 Å². The van der Waals surface area contributed by atoms with Crippen LogP contribution in [-0.2, 0) is 0 Å². The van der Waals surface area contributed by atoms with Crippen LogP contribution in [0.3, 0.4) is 0 Å². The van der Waals surface area contributed by atoms with E-state index in [1.807, 2.05) is 32.0 Å². The topological polar surface area (TPSA) is 104 Å². The van der Waals surface area contributed by atoms with Crippen molar-refractivity contribution in [3.8, 4) is 28.8 Å². The van der Waals surface area contributed by atoms with Crippen LogP contribution in [0.5, 0.6) is 5.75 Å². The van der Waals surface area contributed by atoms with Crippen LogP contribution in [0.4, 0.5) is 0 Å². The predicted molar refractivity (Wildman–Crippen MR) is 104 cm³/mol. The van der Waals surface area contributed by atoms with Gasteiger partial charge in [-0.1, -0.05) is 23.9 Å². The van der Waals surface area contributed by atoms with E-state index in [1.54, 1.807) is 6.92 Å². The zero-order valence-corrected chi connectivity index (χ0v) is 16.5. The monoisotopic (exact) mass is 394 g/mol. The molecule has 28 heavy (non-hydrogen) atoms. The maximum atomic E-state index is 11.6. The van der Waals surface area contributed by atoms with Crippen molar-refractivity contribution in [1.82, 2.24) is 15.1 Å². The molecular formula is C20H18N4O3S. The number of aryl methyl sites for hydroxylation is 1. The first-order chi connectivity index (χ1) is 13.4. The summed E-state index contributed by atoms with van der Waals surface area (Å²) in [5.41, 5.74) is 7.80. The van der Waals surface area contributed by atoms with Gasteiger partial charge < -0.3 is 15.0 Å². The van der Waals surface area contributed by atoms with Crippen molar-refractivity contribution in [3.63, 3.8) is 0 Å². The van der Waals surface area contributed by atoms with Gasteiger partial charge in [0.05, 0.1) is 18.2 Å². The number of fused-ring (bicyclic) bond motifs is 3. The van der Waals surface area contributed by atoms with E-state index < -0.39 is 5.91 Å². The molecule has 0 bridgehead atoms. The van der Waals surface area contributed by atoms with Crippen LogP contribution in [0.2, 0.25) is 0 Å². The van der Waals surface area contributed by atoms with Gasteiger partial charge in [0.15, 0.2) is 10.8 Å². The van der Waals surface area contributed by atoms with Crippen LogP contribution in [0, 0.1) is 18.8 Å². The van der Waals surface area contributed by atoms with E-state index in [4.69, 9.17) is 15.0 Å². The molecule has 1 unspecified atom stereocenters. The van der Waals surface area contributed by atoms with Crippen LogP contribution in [0.25, 0.3) is 11.3 Å². The molecule has 4 rings (SSSR count). The summed E-state index contributed by atoms with van der Waals surface area (Å²) in [7, 11) is 0. The van der Waals surface area contributed by atoms with Crippen molar-refractivity contribution in [2.45, 2.75) is 32.6 Å². The maximum absolute atomic E-state index is 11.6. The summed E-state index contributed by atoms with van der Waals surface area (Å²) >= 11 is 1.32. The van der Waals surface area contributed by atoms with E-state index in [9.17, 15) is 4.79 Å². The first-order valence-electron chi connectivity index (χ1n) is 8.82. The van der Waals surface area contributed by atoms with Gasteiger partial charge in [-0.05, 0) is 25.1 Å². The summed E-state index contributed by atoms with van der Waals surface area (Å²) < 4.78 is 10.9. The fourth-order valence-corrected chi connectivity index (χ4v) is 3.89. The fourth-order valence-electron chi connectivity index (χ4n) is 2.92. The quantitative estimate of drug-likeness (QED) is 0.669. The molecule has 1 aromatic carbocycles. The first kappa shape index (κ1) is 18.2.